The Morgan fingerprint density at radius 3 is 2.02 bits per heavy atom. The molecule has 1 aromatic carbocycles. The van der Waals surface area contributed by atoms with E-state index in [1.165, 1.54) is 38.5 Å². The largest absolute Gasteiger partial charge is 0.481 e. The molecular weight excluding hydrogens is 655 g/mol. The third kappa shape index (κ3) is 10.8. The summed E-state index contributed by atoms with van der Waals surface area (Å²) in [6.07, 6.45) is 0.847. The Balaban J connectivity index is 0.00000283. The smallest absolute Gasteiger partial charge is 0.339 e. The molecule has 0 aliphatic carbocycles. The van der Waals surface area contributed by atoms with Gasteiger partial charge < -0.3 is 47.0 Å². The van der Waals surface area contributed by atoms with Crippen molar-refractivity contribution in [2.24, 2.45) is 29.0 Å². The number of carbonyl (C=O) groups excluding carboxylic acids is 5. The molecule has 0 fully saturated rings. The molecule has 0 spiro atoms. The Kier molecular flexibility index (Phi) is 16.5. The molecule has 18 nitrogen and oxygen atoms in total. The monoisotopic (exact) mass is 694 g/mol. The lowest BCUT2D eigenvalue weighted by Crippen LogP contribution is -2.76. The van der Waals surface area contributed by atoms with Crippen LogP contribution >= 0.6 is 0 Å². The first-order chi connectivity index (χ1) is 23.0. The summed E-state index contributed by atoms with van der Waals surface area (Å²) < 4.78 is 15.5. The zero-order valence-electron chi connectivity index (χ0n) is 26.6. The minimum atomic E-state index is -3.89. The standard InChI is InChI=1S/C28H36N6O11.C2H3FO/c1-14(2)21(31)22(37)28(27(43)44,20(25(40)41)26(42)45-12-15-6-4-3-5-7-15)34(23(38)17(29)8-9-19(35)36)24(39)18(30)10-16-11-32-13-33-16;3-1-2-4/h3-7,11,13-14,17-18,20-21H,8-10,12,29-31H2,1-2H3,(H,32,33)(H,35,36)(H,40,41)(H,43,44);2H,1H2. The maximum Gasteiger partial charge on any atom is 0.339 e. The number of aromatic amines is 1. The number of ether oxygens (including phenoxy) is 1. The number of H-pyrrole nitrogens is 1. The average molecular weight is 695 g/mol. The SMILES string of the molecule is CC(C)C(N)C(=O)C(C(=O)O)(C(C(=O)O)C(=O)OCc1ccccc1)N(C(=O)C(N)CCC(=O)O)C(=O)C(N)Cc1cnc[nH]1.O=CCF. The maximum atomic E-state index is 14.1. The van der Waals surface area contributed by atoms with Gasteiger partial charge in [-0.1, -0.05) is 44.2 Å². The van der Waals surface area contributed by atoms with Crippen molar-refractivity contribution in [3.8, 4) is 0 Å². The summed E-state index contributed by atoms with van der Waals surface area (Å²) >= 11 is 0. The second-order valence-corrected chi connectivity index (χ2v) is 10.8. The predicted molar refractivity (Wildman–Crippen MR) is 165 cm³/mol. The van der Waals surface area contributed by atoms with Crippen LogP contribution in [-0.4, -0.2) is 108 Å². The number of benzene rings is 1. The number of aldehydes is 1. The third-order valence-electron chi connectivity index (χ3n) is 7.00. The quantitative estimate of drug-likeness (QED) is 0.0547. The van der Waals surface area contributed by atoms with E-state index in [4.69, 9.17) is 31.8 Å². The lowest BCUT2D eigenvalue weighted by atomic mass is 9.73. The number of nitrogens with two attached hydrogens (primary N) is 3. The first-order valence-corrected chi connectivity index (χ1v) is 14.5. The van der Waals surface area contributed by atoms with Crippen LogP contribution in [0.4, 0.5) is 4.39 Å². The molecule has 0 saturated carbocycles. The number of aromatic nitrogens is 2. The van der Waals surface area contributed by atoms with Crippen molar-refractivity contribution in [3.05, 3.63) is 54.1 Å². The summed E-state index contributed by atoms with van der Waals surface area (Å²) in [4.78, 5) is 108. The number of carboxylic acids is 3. The van der Waals surface area contributed by atoms with Gasteiger partial charge >= 0.3 is 23.9 Å². The predicted octanol–water partition coefficient (Wildman–Crippen LogP) is -1.20. The van der Waals surface area contributed by atoms with E-state index in [0.29, 0.717) is 5.56 Å². The molecule has 0 aliphatic heterocycles. The molecule has 268 valence electrons. The summed E-state index contributed by atoms with van der Waals surface area (Å²) in [5.74, 6) is -16.9. The molecule has 1 heterocycles. The van der Waals surface area contributed by atoms with Crippen LogP contribution in [0.2, 0.25) is 0 Å². The molecule has 49 heavy (non-hydrogen) atoms. The van der Waals surface area contributed by atoms with Crippen molar-refractivity contribution in [1.82, 2.24) is 14.9 Å². The average Bonchev–Trinajstić information content (AvgIpc) is 3.58. The molecule has 2 rings (SSSR count). The van der Waals surface area contributed by atoms with Gasteiger partial charge in [0.1, 0.15) is 13.3 Å². The van der Waals surface area contributed by atoms with E-state index >= 15 is 0 Å². The van der Waals surface area contributed by atoms with Crippen LogP contribution in [0.5, 0.6) is 0 Å². The number of nitrogens with zero attached hydrogens (tertiary/aromatic N) is 2. The van der Waals surface area contributed by atoms with Gasteiger partial charge in [-0.05, 0) is 17.9 Å². The number of Topliss-reactive ketones (excluding diaryl/α,β-unsaturated/α-hetero) is 1. The number of carboxylic acid groups (broad SMARTS) is 3. The van der Waals surface area contributed by atoms with Crippen molar-refractivity contribution >= 4 is 47.8 Å². The van der Waals surface area contributed by atoms with Crippen LogP contribution < -0.4 is 17.2 Å². The molecule has 2 amide bonds. The number of hydrogen-bond donors (Lipinski definition) is 7. The fourth-order valence-electron chi connectivity index (χ4n) is 4.44. The first kappa shape index (κ1) is 41.6. The van der Waals surface area contributed by atoms with Gasteiger partial charge in [0, 0.05) is 24.7 Å². The molecule has 0 radical (unpaired) electrons. The summed E-state index contributed by atoms with van der Waals surface area (Å²) in [7, 11) is 0. The van der Waals surface area contributed by atoms with Crippen LogP contribution in [0.1, 0.15) is 37.9 Å². The number of aliphatic carboxylic acids is 3. The number of rotatable bonds is 18. The van der Waals surface area contributed by atoms with Gasteiger partial charge in [-0.25, -0.2) is 14.2 Å². The fourth-order valence-corrected chi connectivity index (χ4v) is 4.44. The van der Waals surface area contributed by atoms with Gasteiger partial charge in [-0.3, -0.25) is 33.7 Å². The highest BCUT2D eigenvalue weighted by atomic mass is 19.1. The third-order valence-corrected chi connectivity index (χ3v) is 7.00. The van der Waals surface area contributed by atoms with Gasteiger partial charge in [-0.15, -0.1) is 0 Å². The molecule has 10 N–H and O–H groups in total. The maximum absolute atomic E-state index is 14.1. The highest BCUT2D eigenvalue weighted by Gasteiger charge is 2.68. The van der Waals surface area contributed by atoms with Gasteiger partial charge in [0.25, 0.3) is 0 Å². The van der Waals surface area contributed by atoms with Crippen molar-refractivity contribution < 1.29 is 62.8 Å². The molecule has 0 aliphatic rings. The highest BCUT2D eigenvalue weighted by Crippen LogP contribution is 2.34. The van der Waals surface area contributed by atoms with E-state index in [0.717, 1.165) is 0 Å². The highest BCUT2D eigenvalue weighted by molar-refractivity contribution is 6.23. The Labute approximate surface area is 278 Å². The van der Waals surface area contributed by atoms with Crippen molar-refractivity contribution in [1.29, 1.82) is 0 Å². The topological polar surface area (TPSA) is 316 Å². The van der Waals surface area contributed by atoms with Gasteiger partial charge in [-0.2, -0.15) is 0 Å². The number of amides is 2. The van der Waals surface area contributed by atoms with Crippen LogP contribution in [0.3, 0.4) is 0 Å². The van der Waals surface area contributed by atoms with Gasteiger partial charge in [0.05, 0.1) is 24.5 Å². The van der Waals surface area contributed by atoms with Gasteiger partial charge in [0.2, 0.25) is 17.4 Å². The number of hydrogen-bond acceptors (Lipinski definition) is 13. The van der Waals surface area contributed by atoms with E-state index < -0.39 is 110 Å². The molecule has 0 bridgehead atoms. The number of esters is 1. The zero-order chi connectivity index (χ0) is 37.5. The van der Waals surface area contributed by atoms with E-state index in [9.17, 15) is 48.2 Å². The number of nitrogens with one attached hydrogen (secondary N) is 1. The van der Waals surface area contributed by atoms with Crippen LogP contribution in [0, 0.1) is 11.8 Å². The van der Waals surface area contributed by atoms with Crippen LogP contribution in [0.25, 0.3) is 0 Å². The molecule has 5 atom stereocenters. The van der Waals surface area contributed by atoms with Gasteiger partial charge in [0.15, 0.2) is 18.0 Å². The minimum Gasteiger partial charge on any atom is -0.481 e. The first-order valence-electron chi connectivity index (χ1n) is 14.5. The number of imidazole rings is 1. The second-order valence-electron chi connectivity index (χ2n) is 10.8. The zero-order valence-corrected chi connectivity index (χ0v) is 26.6. The Morgan fingerprint density at radius 1 is 1.00 bits per heavy atom. The molecule has 19 heteroatoms. The number of halogens is 1. The summed E-state index contributed by atoms with van der Waals surface area (Å²) in [5.41, 5.74) is 14.7. The fraction of sp³-hybridized carbons (Fsp3) is 0.433. The van der Waals surface area contributed by atoms with Crippen LogP contribution in [-0.2, 0) is 56.1 Å². The summed E-state index contributed by atoms with van der Waals surface area (Å²) in [5, 5.41) is 30.1. The Bertz CT molecular complexity index is 1470. The van der Waals surface area contributed by atoms with Crippen molar-refractivity contribution in [2.45, 2.75) is 63.4 Å². The minimum absolute atomic E-state index is 0.208. The van der Waals surface area contributed by atoms with Crippen molar-refractivity contribution in [3.63, 3.8) is 0 Å². The lowest BCUT2D eigenvalue weighted by Gasteiger charge is -2.43. The number of carbonyl (C=O) groups is 8. The van der Waals surface area contributed by atoms with Crippen molar-refractivity contribution in [2.75, 3.05) is 6.67 Å². The number of ketones is 1. The number of imide groups is 1. The summed E-state index contributed by atoms with van der Waals surface area (Å²) in [6, 6.07) is 2.13. The van der Waals surface area contributed by atoms with E-state index in [2.05, 4.69) is 9.97 Å². The second kappa shape index (κ2) is 19.4. The van der Waals surface area contributed by atoms with E-state index in [1.807, 2.05) is 0 Å². The summed E-state index contributed by atoms with van der Waals surface area (Å²) in [6.45, 7) is 1.30. The molecule has 2 aromatic rings. The van der Waals surface area contributed by atoms with E-state index in [1.54, 1.807) is 18.2 Å². The molecule has 1 aromatic heterocycles. The van der Waals surface area contributed by atoms with E-state index in [-0.39, 0.29) is 16.9 Å². The lowest BCUT2D eigenvalue weighted by molar-refractivity contribution is -0.187. The normalized spacial score (nSPS) is 14.4. The number of alkyl halides is 1. The molecule has 5 unspecified atom stereocenters. The van der Waals surface area contributed by atoms with Crippen LogP contribution in [0.15, 0.2) is 42.9 Å². The Hall–Kier alpha value is -5.40. The molecule has 0 saturated heterocycles. The molecular formula is C30H39FN6O12. The Morgan fingerprint density at radius 2 is 1.57 bits per heavy atom.